The molecule has 0 atom stereocenters. The predicted molar refractivity (Wildman–Crippen MR) is 87.3 cm³/mol. The number of nitriles is 1. The molecule has 4 nitrogen and oxygen atoms in total. The molecule has 2 aromatic carbocycles. The van der Waals surface area contributed by atoms with Gasteiger partial charge in [-0.05, 0) is 49.3 Å². The molecule has 0 fully saturated rings. The van der Waals surface area contributed by atoms with Crippen LogP contribution in [0.25, 0.3) is 16.3 Å². The van der Waals surface area contributed by atoms with Gasteiger partial charge in [0.15, 0.2) is 11.6 Å². The van der Waals surface area contributed by atoms with Crippen LogP contribution in [0.15, 0.2) is 24.3 Å². The molecule has 1 aliphatic rings. The van der Waals surface area contributed by atoms with E-state index in [1.165, 1.54) is 13.8 Å². The van der Waals surface area contributed by atoms with E-state index in [9.17, 15) is 20.0 Å². The molecular formula is C19H15NO3. The van der Waals surface area contributed by atoms with Gasteiger partial charge in [0.05, 0.1) is 5.56 Å². The highest BCUT2D eigenvalue weighted by Crippen LogP contribution is 2.41. The first kappa shape index (κ1) is 15.0. The number of nitrogens with zero attached hydrogens (tertiary/aromatic N) is 1. The molecule has 0 heterocycles. The summed E-state index contributed by atoms with van der Waals surface area (Å²) in [6, 6.07) is 7.06. The maximum absolute atomic E-state index is 12.0. The van der Waals surface area contributed by atoms with Crippen molar-refractivity contribution in [1.82, 2.24) is 0 Å². The van der Waals surface area contributed by atoms with E-state index >= 15 is 0 Å². The van der Waals surface area contributed by atoms with E-state index in [1.54, 1.807) is 18.2 Å². The van der Waals surface area contributed by atoms with Crippen molar-refractivity contribution in [3.05, 3.63) is 46.5 Å². The highest BCUT2D eigenvalue weighted by atomic mass is 16.3. The Kier molecular flexibility index (Phi) is 3.49. The largest absolute Gasteiger partial charge is 0.506 e. The Hall–Kier alpha value is -2.93. The summed E-state index contributed by atoms with van der Waals surface area (Å²) in [5.41, 5.74) is 2.65. The molecule has 4 heteroatoms. The number of hydrogen-bond donors (Lipinski definition) is 1. The van der Waals surface area contributed by atoms with Gasteiger partial charge in [-0.25, -0.2) is 0 Å². The fraction of sp³-hybridized carbons (Fsp3) is 0.211. The second-order valence-corrected chi connectivity index (χ2v) is 5.72. The standard InChI is InChI=1S/C19H15NO3/c1-10(21)12-6-7-15-16(8-12)19(23)17(9-20)14-5-3-4-13(11(2)22)18(14)15/h4,6-8,23H,3,5H2,1-2H3. The molecule has 0 saturated heterocycles. The fourth-order valence-corrected chi connectivity index (χ4v) is 3.20. The quantitative estimate of drug-likeness (QED) is 0.861. The van der Waals surface area contributed by atoms with Crippen molar-refractivity contribution in [2.24, 2.45) is 0 Å². The molecule has 0 amide bonds. The Balaban J connectivity index is 2.49. The first-order chi connectivity index (χ1) is 11.0. The maximum atomic E-state index is 12.0. The van der Waals surface area contributed by atoms with Gasteiger partial charge >= 0.3 is 0 Å². The smallest absolute Gasteiger partial charge is 0.160 e. The van der Waals surface area contributed by atoms with Gasteiger partial charge in [0.1, 0.15) is 11.8 Å². The summed E-state index contributed by atoms with van der Waals surface area (Å²) in [6.45, 7) is 2.94. The molecule has 0 radical (unpaired) electrons. The number of allylic oxidation sites excluding steroid dienone is 2. The van der Waals surface area contributed by atoms with Crippen LogP contribution in [0.2, 0.25) is 0 Å². The van der Waals surface area contributed by atoms with Gasteiger partial charge in [0.25, 0.3) is 0 Å². The fourth-order valence-electron chi connectivity index (χ4n) is 3.20. The van der Waals surface area contributed by atoms with Crippen LogP contribution in [0.3, 0.4) is 0 Å². The number of phenols is 1. The Bertz CT molecular complexity index is 945. The number of carbonyl (C=O) groups is 2. The van der Waals surface area contributed by atoms with Crippen LogP contribution in [-0.2, 0) is 11.2 Å². The summed E-state index contributed by atoms with van der Waals surface area (Å²) in [5.74, 6) is -0.309. The molecule has 0 unspecified atom stereocenters. The van der Waals surface area contributed by atoms with E-state index in [-0.39, 0.29) is 22.9 Å². The van der Waals surface area contributed by atoms with E-state index < -0.39 is 0 Å². The highest BCUT2D eigenvalue weighted by Gasteiger charge is 2.25. The highest BCUT2D eigenvalue weighted by molar-refractivity contribution is 6.24. The Morgan fingerprint density at radius 2 is 1.91 bits per heavy atom. The normalized spacial score (nSPS) is 13.2. The number of benzene rings is 2. The topological polar surface area (TPSA) is 78.2 Å². The summed E-state index contributed by atoms with van der Waals surface area (Å²) < 4.78 is 0. The van der Waals surface area contributed by atoms with Crippen LogP contribution in [-0.4, -0.2) is 16.7 Å². The molecule has 0 aliphatic heterocycles. The van der Waals surface area contributed by atoms with Crippen molar-refractivity contribution >= 4 is 27.9 Å². The van der Waals surface area contributed by atoms with E-state index in [4.69, 9.17) is 0 Å². The Labute approximate surface area is 133 Å². The van der Waals surface area contributed by atoms with Gasteiger partial charge < -0.3 is 5.11 Å². The van der Waals surface area contributed by atoms with E-state index in [2.05, 4.69) is 6.07 Å². The van der Waals surface area contributed by atoms with E-state index in [0.717, 1.165) is 0 Å². The third-order valence-electron chi connectivity index (χ3n) is 4.29. The number of ketones is 2. The van der Waals surface area contributed by atoms with Crippen LogP contribution in [0.5, 0.6) is 5.75 Å². The van der Waals surface area contributed by atoms with Crippen LogP contribution in [0, 0.1) is 11.3 Å². The van der Waals surface area contributed by atoms with Crippen LogP contribution >= 0.6 is 0 Å². The third kappa shape index (κ3) is 2.22. The molecular weight excluding hydrogens is 290 g/mol. The van der Waals surface area contributed by atoms with Crippen LogP contribution < -0.4 is 0 Å². The molecule has 0 saturated carbocycles. The molecule has 1 aliphatic carbocycles. The number of phenolic OH excluding ortho intramolecular Hbond substituents is 1. The van der Waals surface area contributed by atoms with Gasteiger partial charge in [-0.1, -0.05) is 18.2 Å². The molecule has 0 aromatic heterocycles. The lowest BCUT2D eigenvalue weighted by Crippen LogP contribution is -2.09. The third-order valence-corrected chi connectivity index (χ3v) is 4.29. The molecule has 2 aromatic rings. The second kappa shape index (κ2) is 5.36. The van der Waals surface area contributed by atoms with Gasteiger partial charge in [-0.2, -0.15) is 5.26 Å². The minimum atomic E-state index is -0.120. The van der Waals surface area contributed by atoms with Crippen molar-refractivity contribution in [2.75, 3.05) is 0 Å². The summed E-state index contributed by atoms with van der Waals surface area (Å²) in [4.78, 5) is 23.6. The zero-order chi connectivity index (χ0) is 16.7. The van der Waals surface area contributed by atoms with Crippen molar-refractivity contribution in [1.29, 1.82) is 5.26 Å². The molecule has 1 N–H and O–H groups in total. The number of carbonyl (C=O) groups excluding carboxylic acids is 2. The van der Waals surface area contributed by atoms with Gasteiger partial charge in [0.2, 0.25) is 0 Å². The van der Waals surface area contributed by atoms with Crippen LogP contribution in [0.1, 0.15) is 47.3 Å². The summed E-state index contributed by atoms with van der Waals surface area (Å²) in [6.07, 6.45) is 3.14. The van der Waals surface area contributed by atoms with Gasteiger partial charge in [0, 0.05) is 16.5 Å². The average molecular weight is 305 g/mol. The van der Waals surface area contributed by atoms with Crippen molar-refractivity contribution in [3.63, 3.8) is 0 Å². The molecule has 0 bridgehead atoms. The summed E-state index contributed by atoms with van der Waals surface area (Å²) >= 11 is 0. The van der Waals surface area contributed by atoms with E-state index in [0.29, 0.717) is 45.9 Å². The van der Waals surface area contributed by atoms with Gasteiger partial charge in [-0.15, -0.1) is 0 Å². The zero-order valence-electron chi connectivity index (χ0n) is 12.9. The maximum Gasteiger partial charge on any atom is 0.160 e. The van der Waals surface area contributed by atoms with Crippen LogP contribution in [0.4, 0.5) is 0 Å². The minimum Gasteiger partial charge on any atom is -0.506 e. The van der Waals surface area contributed by atoms with Crippen molar-refractivity contribution < 1.29 is 14.7 Å². The predicted octanol–water partition coefficient (Wildman–Crippen LogP) is 3.54. The number of rotatable bonds is 2. The lowest BCUT2D eigenvalue weighted by atomic mass is 9.82. The summed E-state index contributed by atoms with van der Waals surface area (Å²) in [7, 11) is 0. The lowest BCUT2D eigenvalue weighted by Gasteiger charge is -2.21. The monoisotopic (exact) mass is 305 g/mol. The Morgan fingerprint density at radius 3 is 2.52 bits per heavy atom. The number of Topliss-reactive ketones (excluding diaryl/α,β-unsaturated/α-hetero) is 2. The molecule has 3 rings (SSSR count). The number of aromatic hydroxyl groups is 1. The van der Waals surface area contributed by atoms with Gasteiger partial charge in [-0.3, -0.25) is 9.59 Å². The first-order valence-corrected chi connectivity index (χ1v) is 7.39. The number of hydrogen-bond acceptors (Lipinski definition) is 4. The summed E-state index contributed by atoms with van der Waals surface area (Å²) in [5, 5.41) is 21.1. The SMILES string of the molecule is CC(=O)C1=CCCc2c(C#N)c(O)c3cc(C(C)=O)ccc3c21. The molecule has 114 valence electrons. The van der Waals surface area contributed by atoms with E-state index in [1.807, 2.05) is 6.08 Å². The van der Waals surface area contributed by atoms with Crippen molar-refractivity contribution in [2.45, 2.75) is 26.7 Å². The Morgan fingerprint density at radius 1 is 1.17 bits per heavy atom. The molecule has 0 spiro atoms. The second-order valence-electron chi connectivity index (χ2n) is 5.72. The van der Waals surface area contributed by atoms with Crippen molar-refractivity contribution in [3.8, 4) is 11.8 Å². The number of fused-ring (bicyclic) bond motifs is 3. The zero-order valence-corrected chi connectivity index (χ0v) is 12.9. The molecule has 23 heavy (non-hydrogen) atoms. The average Bonchev–Trinajstić information content (AvgIpc) is 2.54. The first-order valence-electron chi connectivity index (χ1n) is 7.39. The minimum absolute atomic E-state index is 0.0718. The lowest BCUT2D eigenvalue weighted by molar-refractivity contribution is -0.111.